The number of carboxylic acid groups (broad SMARTS) is 1. The lowest BCUT2D eigenvalue weighted by atomic mass is 10.1. The highest BCUT2D eigenvalue weighted by Gasteiger charge is 2.31. The van der Waals surface area contributed by atoms with E-state index in [9.17, 15) is 9.18 Å². The third-order valence-electron chi connectivity index (χ3n) is 4.33. The van der Waals surface area contributed by atoms with Gasteiger partial charge < -0.3 is 10.4 Å². The van der Waals surface area contributed by atoms with E-state index in [1.807, 2.05) is 23.6 Å². The van der Waals surface area contributed by atoms with Crippen LogP contribution in [0.2, 0.25) is 0 Å². The number of hydrogen-bond acceptors (Lipinski definition) is 4. The maximum atomic E-state index is 13.8. The van der Waals surface area contributed by atoms with Gasteiger partial charge in [-0.3, -0.25) is 4.90 Å². The van der Waals surface area contributed by atoms with Crippen molar-refractivity contribution in [1.82, 2.24) is 10.2 Å². The first-order valence-corrected chi connectivity index (χ1v) is 8.93. The molecular formula is C18H21FN2O2S. The van der Waals surface area contributed by atoms with Crippen molar-refractivity contribution in [2.24, 2.45) is 0 Å². The Labute approximate surface area is 144 Å². The molecule has 2 N–H and O–H groups in total. The zero-order valence-corrected chi connectivity index (χ0v) is 14.1. The summed E-state index contributed by atoms with van der Waals surface area (Å²) in [7, 11) is 0. The van der Waals surface area contributed by atoms with Gasteiger partial charge in [-0.05, 0) is 35.6 Å². The van der Waals surface area contributed by atoms with Gasteiger partial charge in [0.15, 0.2) is 0 Å². The van der Waals surface area contributed by atoms with Gasteiger partial charge in [0, 0.05) is 37.1 Å². The highest BCUT2D eigenvalue weighted by Crippen LogP contribution is 2.23. The van der Waals surface area contributed by atoms with E-state index in [0.717, 1.165) is 18.7 Å². The van der Waals surface area contributed by atoms with Crippen LogP contribution < -0.4 is 5.32 Å². The molecule has 1 fully saturated rings. The Morgan fingerprint density at radius 2 is 2.12 bits per heavy atom. The third kappa shape index (κ3) is 4.41. The van der Waals surface area contributed by atoms with Crippen LogP contribution in [-0.2, 0) is 13.1 Å². The van der Waals surface area contributed by atoms with E-state index in [1.165, 1.54) is 4.88 Å². The molecule has 0 saturated carbocycles. The number of benzene rings is 1. The molecule has 2 heterocycles. The second-order valence-corrected chi connectivity index (χ2v) is 7.16. The van der Waals surface area contributed by atoms with Crippen LogP contribution in [0.4, 0.5) is 4.39 Å². The number of nitrogens with one attached hydrogen (secondary N) is 1. The van der Waals surface area contributed by atoms with Gasteiger partial charge in [-0.15, -0.1) is 11.3 Å². The first kappa shape index (κ1) is 17.1. The largest absolute Gasteiger partial charge is 0.478 e. The standard InChI is InChI=1S/C18H21FN2O2S/c19-15-8-16(21(11-15)12-17-2-1-7-24-17)10-20-9-13-3-5-14(6-4-13)18(22)23/h1-7,15-16,20H,8-12H2,(H,22,23)/t15-,16-/m0/s1. The first-order valence-electron chi connectivity index (χ1n) is 8.05. The first-order chi connectivity index (χ1) is 11.6. The molecule has 1 saturated heterocycles. The Hall–Kier alpha value is -1.76. The summed E-state index contributed by atoms with van der Waals surface area (Å²) in [5, 5.41) is 14.3. The van der Waals surface area contributed by atoms with Crippen molar-refractivity contribution in [1.29, 1.82) is 0 Å². The number of thiophene rings is 1. The number of hydrogen-bond donors (Lipinski definition) is 2. The van der Waals surface area contributed by atoms with Crippen LogP contribution in [0.3, 0.4) is 0 Å². The molecule has 0 spiro atoms. The Bertz CT molecular complexity index is 660. The molecule has 24 heavy (non-hydrogen) atoms. The summed E-state index contributed by atoms with van der Waals surface area (Å²) in [6.45, 7) is 2.68. The molecule has 3 rings (SSSR count). The van der Waals surface area contributed by atoms with E-state index in [-0.39, 0.29) is 11.6 Å². The Balaban J connectivity index is 1.50. The van der Waals surface area contributed by atoms with E-state index in [0.29, 0.717) is 19.5 Å². The summed E-state index contributed by atoms with van der Waals surface area (Å²) in [6.07, 6.45) is -0.192. The summed E-state index contributed by atoms with van der Waals surface area (Å²) in [5.74, 6) is -0.918. The van der Waals surface area contributed by atoms with E-state index >= 15 is 0 Å². The number of halogens is 1. The fourth-order valence-corrected chi connectivity index (χ4v) is 3.81. The molecule has 4 nitrogen and oxygen atoms in total. The van der Waals surface area contributed by atoms with Crippen molar-refractivity contribution in [3.8, 4) is 0 Å². The van der Waals surface area contributed by atoms with Gasteiger partial charge in [0.2, 0.25) is 0 Å². The van der Waals surface area contributed by atoms with Crippen molar-refractivity contribution in [3.05, 3.63) is 57.8 Å². The van der Waals surface area contributed by atoms with Gasteiger partial charge >= 0.3 is 5.97 Å². The minimum atomic E-state index is -0.918. The van der Waals surface area contributed by atoms with Gasteiger partial charge in [0.1, 0.15) is 6.17 Å². The summed E-state index contributed by atoms with van der Waals surface area (Å²) in [4.78, 5) is 14.3. The molecule has 0 aliphatic carbocycles. The monoisotopic (exact) mass is 348 g/mol. The molecule has 0 unspecified atom stereocenters. The molecule has 6 heteroatoms. The van der Waals surface area contributed by atoms with Crippen LogP contribution in [0.1, 0.15) is 27.2 Å². The van der Waals surface area contributed by atoms with Crippen LogP contribution in [0.25, 0.3) is 0 Å². The number of aromatic carboxylic acids is 1. The SMILES string of the molecule is O=C(O)c1ccc(CNC[C@@H]2C[C@H](F)CN2Cc2cccs2)cc1. The number of rotatable bonds is 7. The molecule has 1 aliphatic rings. The van der Waals surface area contributed by atoms with Gasteiger partial charge in [-0.2, -0.15) is 0 Å². The normalized spacial score (nSPS) is 21.2. The van der Waals surface area contributed by atoms with E-state index in [1.54, 1.807) is 23.5 Å². The number of likely N-dealkylation sites (tertiary alicyclic amines) is 1. The van der Waals surface area contributed by atoms with E-state index in [2.05, 4.69) is 16.3 Å². The Morgan fingerprint density at radius 3 is 2.79 bits per heavy atom. The lowest BCUT2D eigenvalue weighted by Crippen LogP contribution is -2.37. The minimum Gasteiger partial charge on any atom is -0.478 e. The molecule has 0 bridgehead atoms. The third-order valence-corrected chi connectivity index (χ3v) is 5.19. The molecule has 128 valence electrons. The number of alkyl halides is 1. The molecule has 1 aliphatic heterocycles. The van der Waals surface area contributed by atoms with Gasteiger partial charge in [0.25, 0.3) is 0 Å². The summed E-state index contributed by atoms with van der Waals surface area (Å²) >= 11 is 1.70. The maximum absolute atomic E-state index is 13.8. The van der Waals surface area contributed by atoms with Gasteiger partial charge in [0.05, 0.1) is 5.56 Å². The predicted octanol–water partition coefficient (Wildman–Crippen LogP) is 3.15. The van der Waals surface area contributed by atoms with E-state index < -0.39 is 12.1 Å². The van der Waals surface area contributed by atoms with Crippen molar-refractivity contribution in [3.63, 3.8) is 0 Å². The second kappa shape index (κ2) is 7.88. The average Bonchev–Trinajstić information content (AvgIpc) is 3.18. The topological polar surface area (TPSA) is 52.6 Å². The quantitative estimate of drug-likeness (QED) is 0.807. The van der Waals surface area contributed by atoms with Crippen LogP contribution in [0, 0.1) is 0 Å². The average molecular weight is 348 g/mol. The summed E-state index contributed by atoms with van der Waals surface area (Å²) in [5.41, 5.74) is 1.32. The van der Waals surface area contributed by atoms with Crippen LogP contribution >= 0.6 is 11.3 Å². The van der Waals surface area contributed by atoms with Crippen molar-refractivity contribution in [2.45, 2.75) is 31.7 Å². The fourth-order valence-electron chi connectivity index (χ4n) is 3.08. The van der Waals surface area contributed by atoms with Crippen molar-refractivity contribution < 1.29 is 14.3 Å². The highest BCUT2D eigenvalue weighted by molar-refractivity contribution is 7.09. The summed E-state index contributed by atoms with van der Waals surface area (Å²) in [6, 6.07) is 11.1. The Morgan fingerprint density at radius 1 is 1.33 bits per heavy atom. The Kier molecular flexibility index (Phi) is 5.60. The maximum Gasteiger partial charge on any atom is 0.335 e. The lowest BCUT2D eigenvalue weighted by Gasteiger charge is -2.23. The molecule has 1 aromatic heterocycles. The zero-order valence-electron chi connectivity index (χ0n) is 13.3. The molecule has 0 radical (unpaired) electrons. The van der Waals surface area contributed by atoms with Crippen molar-refractivity contribution in [2.75, 3.05) is 13.1 Å². The van der Waals surface area contributed by atoms with Crippen molar-refractivity contribution >= 4 is 17.3 Å². The molecule has 0 amide bonds. The molecular weight excluding hydrogens is 327 g/mol. The number of nitrogens with zero attached hydrogens (tertiary/aromatic N) is 1. The van der Waals surface area contributed by atoms with Crippen LogP contribution in [0.15, 0.2) is 41.8 Å². The van der Waals surface area contributed by atoms with Crippen LogP contribution in [-0.4, -0.2) is 41.3 Å². The second-order valence-electron chi connectivity index (χ2n) is 6.13. The highest BCUT2D eigenvalue weighted by atomic mass is 32.1. The van der Waals surface area contributed by atoms with Gasteiger partial charge in [-0.25, -0.2) is 9.18 Å². The summed E-state index contributed by atoms with van der Waals surface area (Å²) < 4.78 is 13.8. The minimum absolute atomic E-state index is 0.195. The number of carbonyl (C=O) groups is 1. The van der Waals surface area contributed by atoms with Crippen LogP contribution in [0.5, 0.6) is 0 Å². The molecule has 2 atom stereocenters. The molecule has 1 aromatic carbocycles. The zero-order chi connectivity index (χ0) is 16.9. The molecule has 2 aromatic rings. The van der Waals surface area contributed by atoms with Gasteiger partial charge in [-0.1, -0.05) is 18.2 Å². The fraction of sp³-hybridized carbons (Fsp3) is 0.389. The predicted molar refractivity (Wildman–Crippen MR) is 93.1 cm³/mol. The number of carboxylic acids is 1. The smallest absolute Gasteiger partial charge is 0.335 e. The lowest BCUT2D eigenvalue weighted by molar-refractivity contribution is 0.0697. The van der Waals surface area contributed by atoms with E-state index in [4.69, 9.17) is 5.11 Å².